The minimum atomic E-state index is -4.59. The highest BCUT2D eigenvalue weighted by molar-refractivity contribution is 5.64. The molecule has 0 aliphatic carbocycles. The Bertz CT molecular complexity index is 1180. The minimum absolute atomic E-state index is 0.0278. The van der Waals surface area contributed by atoms with Crippen LogP contribution in [0.15, 0.2) is 60.7 Å². The molecular formula is C25H17F6NO. The average Bonchev–Trinajstić information content (AvgIpc) is 2.73. The quantitative estimate of drug-likeness (QED) is 0.271. The molecule has 0 atom stereocenters. The van der Waals surface area contributed by atoms with Crippen molar-refractivity contribution in [1.82, 2.24) is 0 Å². The molecule has 0 N–H and O–H groups in total. The van der Waals surface area contributed by atoms with E-state index in [0.29, 0.717) is 17.7 Å². The molecule has 3 rings (SSSR count). The summed E-state index contributed by atoms with van der Waals surface area (Å²) in [6, 6.07) is 10.1. The van der Waals surface area contributed by atoms with E-state index in [4.69, 9.17) is 5.26 Å². The van der Waals surface area contributed by atoms with Crippen molar-refractivity contribution in [2.45, 2.75) is 25.9 Å². The third kappa shape index (κ3) is 5.37. The summed E-state index contributed by atoms with van der Waals surface area (Å²) in [5, 5.41) is 8.64. The monoisotopic (exact) mass is 461 g/mol. The van der Waals surface area contributed by atoms with Crippen molar-refractivity contribution in [2.24, 2.45) is 0 Å². The van der Waals surface area contributed by atoms with Crippen molar-refractivity contribution >= 4 is 0 Å². The van der Waals surface area contributed by atoms with Gasteiger partial charge in [-0.25, -0.2) is 17.6 Å². The fourth-order valence-corrected chi connectivity index (χ4v) is 3.21. The van der Waals surface area contributed by atoms with Crippen molar-refractivity contribution < 1.29 is 31.1 Å². The smallest absolute Gasteiger partial charge is 0.429 e. The maximum absolute atomic E-state index is 14.6. The summed E-state index contributed by atoms with van der Waals surface area (Å²) in [4.78, 5) is 0. The number of nitrogens with zero attached hydrogens (tertiary/aromatic N) is 1. The lowest BCUT2D eigenvalue weighted by atomic mass is 10.00. The third-order valence-electron chi connectivity index (χ3n) is 4.83. The highest BCUT2D eigenvalue weighted by atomic mass is 19.3. The molecule has 0 aliphatic heterocycles. The molecule has 0 amide bonds. The Morgan fingerprint density at radius 3 is 1.97 bits per heavy atom. The van der Waals surface area contributed by atoms with E-state index in [0.717, 1.165) is 30.5 Å². The Morgan fingerprint density at radius 2 is 1.45 bits per heavy atom. The Balaban J connectivity index is 1.88. The molecule has 0 unspecified atom stereocenters. The lowest BCUT2D eigenvalue weighted by molar-refractivity contribution is -0.189. The molecule has 8 heteroatoms. The number of rotatable bonds is 7. The Hall–Kier alpha value is -3.73. The van der Waals surface area contributed by atoms with Gasteiger partial charge in [0.1, 0.15) is 46.2 Å². The third-order valence-corrected chi connectivity index (χ3v) is 4.83. The van der Waals surface area contributed by atoms with Gasteiger partial charge < -0.3 is 4.74 Å². The molecule has 170 valence electrons. The van der Waals surface area contributed by atoms with Gasteiger partial charge in [0.05, 0.1) is 0 Å². The van der Waals surface area contributed by atoms with Crippen LogP contribution >= 0.6 is 0 Å². The zero-order chi connectivity index (χ0) is 24.2. The molecule has 3 aromatic carbocycles. The first kappa shape index (κ1) is 23.9. The second-order valence-corrected chi connectivity index (χ2v) is 7.11. The highest BCUT2D eigenvalue weighted by Crippen LogP contribution is 2.37. The van der Waals surface area contributed by atoms with Crippen LogP contribution in [0.5, 0.6) is 5.75 Å². The summed E-state index contributed by atoms with van der Waals surface area (Å²) in [5.41, 5.74) is -1.27. The van der Waals surface area contributed by atoms with Crippen LogP contribution in [-0.2, 0) is 12.5 Å². The van der Waals surface area contributed by atoms with Crippen LogP contribution < -0.4 is 4.74 Å². The standard InChI is InChI=1S/C25H17F6NO/c1-2-3-4-5-15-6-8-16(9-7-15)17-10-22(28)24(23(29)11-17)25(30,31)33-18-12-20(26)19(14-32)21(27)13-18/h2-3,6-13H,4-5H2,1H3. The normalized spacial score (nSPS) is 11.6. The number of hydrogen-bond donors (Lipinski definition) is 0. The summed E-state index contributed by atoms with van der Waals surface area (Å²) < 4.78 is 89.7. The highest BCUT2D eigenvalue weighted by Gasteiger charge is 2.41. The number of alkyl halides is 2. The van der Waals surface area contributed by atoms with Crippen LogP contribution in [0.1, 0.15) is 30.0 Å². The van der Waals surface area contributed by atoms with Gasteiger partial charge in [-0.3, -0.25) is 0 Å². The van der Waals surface area contributed by atoms with E-state index in [-0.39, 0.29) is 5.56 Å². The molecule has 0 aromatic heterocycles. The van der Waals surface area contributed by atoms with E-state index in [1.165, 1.54) is 6.07 Å². The first-order chi connectivity index (χ1) is 15.7. The lowest BCUT2D eigenvalue weighted by Gasteiger charge is -2.20. The second kappa shape index (κ2) is 9.82. The van der Waals surface area contributed by atoms with Gasteiger partial charge in [-0.15, -0.1) is 0 Å². The van der Waals surface area contributed by atoms with Gasteiger partial charge in [-0.05, 0) is 48.6 Å². The maximum atomic E-state index is 14.6. The molecule has 0 aliphatic rings. The van der Waals surface area contributed by atoms with Crippen molar-refractivity contribution in [1.29, 1.82) is 5.26 Å². The number of nitriles is 1. The van der Waals surface area contributed by atoms with E-state index >= 15 is 0 Å². The zero-order valence-corrected chi connectivity index (χ0v) is 17.3. The van der Waals surface area contributed by atoms with Crippen molar-refractivity contribution in [3.05, 3.63) is 101 Å². The molecule has 2 nitrogen and oxygen atoms in total. The first-order valence-corrected chi connectivity index (χ1v) is 9.82. The van der Waals surface area contributed by atoms with Crippen molar-refractivity contribution in [2.75, 3.05) is 0 Å². The number of ether oxygens (including phenoxy) is 1. The van der Waals surface area contributed by atoms with Gasteiger partial charge in [0.2, 0.25) is 0 Å². The molecular weight excluding hydrogens is 444 g/mol. The molecule has 0 fully saturated rings. The van der Waals surface area contributed by atoms with E-state index in [1.807, 2.05) is 19.1 Å². The molecule has 0 heterocycles. The summed E-state index contributed by atoms with van der Waals surface area (Å²) in [5.74, 6) is -7.13. The van der Waals surface area contributed by atoms with Gasteiger partial charge >= 0.3 is 6.11 Å². The van der Waals surface area contributed by atoms with Gasteiger partial charge in [0, 0.05) is 12.1 Å². The second-order valence-electron chi connectivity index (χ2n) is 7.11. The van der Waals surface area contributed by atoms with E-state index < -0.39 is 46.3 Å². The number of hydrogen-bond acceptors (Lipinski definition) is 2. The summed E-state index contributed by atoms with van der Waals surface area (Å²) >= 11 is 0. The predicted molar refractivity (Wildman–Crippen MR) is 111 cm³/mol. The Labute approximate surface area is 186 Å². The largest absolute Gasteiger partial charge is 0.432 e. The zero-order valence-electron chi connectivity index (χ0n) is 17.3. The summed E-state index contributed by atoms with van der Waals surface area (Å²) in [6.45, 7) is 1.91. The van der Waals surface area contributed by atoms with Crippen LogP contribution in [0.4, 0.5) is 26.3 Å². The van der Waals surface area contributed by atoms with Crippen LogP contribution in [0.25, 0.3) is 11.1 Å². The molecule has 0 spiro atoms. The Morgan fingerprint density at radius 1 is 0.879 bits per heavy atom. The average molecular weight is 461 g/mol. The molecule has 0 saturated carbocycles. The van der Waals surface area contributed by atoms with Crippen LogP contribution in [-0.4, -0.2) is 0 Å². The maximum Gasteiger partial charge on any atom is 0.432 e. The SMILES string of the molecule is CC=CCCc1ccc(-c2cc(F)c(C(F)(F)Oc3cc(F)c(C#N)c(F)c3)c(F)c2)cc1. The fraction of sp³-hybridized carbons (Fsp3) is 0.160. The molecule has 33 heavy (non-hydrogen) atoms. The number of halogens is 6. The molecule has 3 aromatic rings. The van der Waals surface area contributed by atoms with Gasteiger partial charge in [0.15, 0.2) is 0 Å². The number of aryl methyl sites for hydroxylation is 1. The van der Waals surface area contributed by atoms with Crippen molar-refractivity contribution in [3.8, 4) is 22.9 Å². The molecule has 0 bridgehead atoms. The summed E-state index contributed by atoms with van der Waals surface area (Å²) in [7, 11) is 0. The topological polar surface area (TPSA) is 33.0 Å². The molecule has 0 radical (unpaired) electrons. The Kier molecular flexibility index (Phi) is 7.12. The van der Waals surface area contributed by atoms with E-state index in [2.05, 4.69) is 4.74 Å². The van der Waals surface area contributed by atoms with Crippen LogP contribution in [0.3, 0.4) is 0 Å². The van der Waals surface area contributed by atoms with Gasteiger partial charge in [-0.1, -0.05) is 36.4 Å². The number of benzene rings is 3. The first-order valence-electron chi connectivity index (χ1n) is 9.82. The fourth-order valence-electron chi connectivity index (χ4n) is 3.21. The van der Waals surface area contributed by atoms with E-state index in [1.54, 1.807) is 24.3 Å². The van der Waals surface area contributed by atoms with Gasteiger partial charge in [0.25, 0.3) is 0 Å². The minimum Gasteiger partial charge on any atom is -0.429 e. The predicted octanol–water partition coefficient (Wildman–Crippen LogP) is 7.42. The van der Waals surface area contributed by atoms with Crippen LogP contribution in [0, 0.1) is 34.6 Å². The molecule has 0 saturated heterocycles. The van der Waals surface area contributed by atoms with Crippen LogP contribution in [0.2, 0.25) is 0 Å². The van der Waals surface area contributed by atoms with Gasteiger partial charge in [-0.2, -0.15) is 14.0 Å². The number of allylic oxidation sites excluding steroid dienone is 2. The summed E-state index contributed by atoms with van der Waals surface area (Å²) in [6.07, 6.45) is 0.939. The van der Waals surface area contributed by atoms with Crippen molar-refractivity contribution in [3.63, 3.8) is 0 Å². The van der Waals surface area contributed by atoms with E-state index in [9.17, 15) is 26.3 Å². The lowest BCUT2D eigenvalue weighted by Crippen LogP contribution is -2.25.